The Bertz CT molecular complexity index is 1410. The van der Waals surface area contributed by atoms with Crippen molar-refractivity contribution in [2.24, 2.45) is 0 Å². The minimum atomic E-state index is -0.761. The van der Waals surface area contributed by atoms with Gasteiger partial charge in [-0.05, 0) is 58.6 Å². The topological polar surface area (TPSA) is 80.1 Å². The summed E-state index contributed by atoms with van der Waals surface area (Å²) < 4.78 is 20.4. The highest BCUT2D eigenvalue weighted by atomic mass is 35.5. The Hall–Kier alpha value is -2.75. The van der Waals surface area contributed by atoms with E-state index in [1.807, 2.05) is 29.2 Å². The molecule has 3 N–H and O–H groups in total. The second kappa shape index (κ2) is 9.72. The first-order chi connectivity index (χ1) is 16.9. The molecule has 0 radical (unpaired) electrons. The lowest BCUT2D eigenvalue weighted by Crippen LogP contribution is -2.55. The van der Waals surface area contributed by atoms with Gasteiger partial charge in [-0.25, -0.2) is 4.39 Å². The van der Waals surface area contributed by atoms with Crippen molar-refractivity contribution in [1.82, 2.24) is 9.27 Å². The van der Waals surface area contributed by atoms with E-state index in [9.17, 15) is 15.3 Å². The molecule has 0 bridgehead atoms. The number of aromatic nitrogens is 1. The number of piperazine rings is 1. The van der Waals surface area contributed by atoms with Crippen LogP contribution < -0.4 is 4.90 Å². The Balaban J connectivity index is 1.60. The number of halogens is 2. The molecule has 1 saturated heterocycles. The SMILES string of the molecule is C=CC(O)N1CCN(c2snc3c(F)c(-c4cc(O)cc5ccccc45)c(Cl)cc23)[C@H](CCO)C1. The van der Waals surface area contributed by atoms with Gasteiger partial charge in [-0.3, -0.25) is 4.90 Å². The van der Waals surface area contributed by atoms with Crippen LogP contribution in [0.4, 0.5) is 9.39 Å². The average Bonchev–Trinajstić information content (AvgIpc) is 3.27. The van der Waals surface area contributed by atoms with E-state index in [4.69, 9.17) is 11.6 Å². The Morgan fingerprint density at radius 2 is 2.03 bits per heavy atom. The summed E-state index contributed by atoms with van der Waals surface area (Å²) in [7, 11) is 0. The summed E-state index contributed by atoms with van der Waals surface area (Å²) in [6.45, 7) is 5.33. The number of anilines is 1. The fraction of sp³-hybridized carbons (Fsp3) is 0.269. The molecule has 35 heavy (non-hydrogen) atoms. The van der Waals surface area contributed by atoms with Gasteiger partial charge >= 0.3 is 0 Å². The van der Waals surface area contributed by atoms with Gasteiger partial charge in [0.15, 0.2) is 5.82 Å². The maximum atomic E-state index is 16.0. The lowest BCUT2D eigenvalue weighted by atomic mass is 9.96. The summed E-state index contributed by atoms with van der Waals surface area (Å²) in [5.74, 6) is -0.509. The molecule has 1 aliphatic rings. The molecule has 3 aromatic carbocycles. The fourth-order valence-corrected chi connectivity index (χ4v) is 6.14. The van der Waals surface area contributed by atoms with Crippen molar-refractivity contribution in [1.29, 1.82) is 0 Å². The Labute approximate surface area is 211 Å². The highest BCUT2D eigenvalue weighted by molar-refractivity contribution is 7.11. The van der Waals surface area contributed by atoms with Crippen molar-refractivity contribution in [3.63, 3.8) is 0 Å². The Kier molecular flexibility index (Phi) is 6.65. The van der Waals surface area contributed by atoms with Crippen molar-refractivity contribution in [3.8, 4) is 16.9 Å². The summed E-state index contributed by atoms with van der Waals surface area (Å²) >= 11 is 7.88. The molecule has 0 amide bonds. The van der Waals surface area contributed by atoms with Crippen LogP contribution >= 0.6 is 23.1 Å². The van der Waals surface area contributed by atoms with E-state index in [0.29, 0.717) is 37.0 Å². The minimum absolute atomic E-state index is 0.0141. The normalized spacial score (nSPS) is 17.8. The van der Waals surface area contributed by atoms with Crippen LogP contribution in [0.1, 0.15) is 6.42 Å². The first-order valence-electron chi connectivity index (χ1n) is 11.3. The number of phenolic OH excluding ortho intramolecular Hbond substituents is 1. The van der Waals surface area contributed by atoms with E-state index in [0.717, 1.165) is 15.8 Å². The van der Waals surface area contributed by atoms with E-state index >= 15 is 4.39 Å². The summed E-state index contributed by atoms with van der Waals surface area (Å²) in [6, 6.07) is 12.2. The zero-order valence-corrected chi connectivity index (χ0v) is 20.4. The molecule has 0 saturated carbocycles. The molecule has 2 heterocycles. The van der Waals surface area contributed by atoms with E-state index < -0.39 is 12.0 Å². The number of rotatable bonds is 6. The van der Waals surface area contributed by atoms with Crippen molar-refractivity contribution < 1.29 is 19.7 Å². The maximum Gasteiger partial charge on any atom is 0.159 e. The molecule has 4 aromatic rings. The van der Waals surface area contributed by atoms with Gasteiger partial charge in [-0.2, -0.15) is 4.37 Å². The molecular formula is C26H25ClFN3O3S. The molecule has 1 aliphatic heterocycles. The number of benzene rings is 3. The third kappa shape index (κ3) is 4.26. The van der Waals surface area contributed by atoms with Crippen molar-refractivity contribution >= 4 is 49.8 Å². The van der Waals surface area contributed by atoms with Crippen LogP contribution in [0.3, 0.4) is 0 Å². The maximum absolute atomic E-state index is 16.0. The first kappa shape index (κ1) is 24.0. The molecule has 6 nitrogen and oxygen atoms in total. The van der Waals surface area contributed by atoms with Crippen molar-refractivity contribution in [3.05, 3.63) is 66.0 Å². The average molecular weight is 514 g/mol. The van der Waals surface area contributed by atoms with E-state index in [-0.39, 0.29) is 34.5 Å². The first-order valence-corrected chi connectivity index (χ1v) is 12.5. The molecule has 1 unspecified atom stereocenters. The number of aliphatic hydroxyl groups is 2. The van der Waals surface area contributed by atoms with Gasteiger partial charge in [-0.15, -0.1) is 0 Å². The van der Waals surface area contributed by atoms with Crippen molar-refractivity contribution in [2.75, 3.05) is 31.1 Å². The smallest absolute Gasteiger partial charge is 0.159 e. The molecule has 1 fully saturated rings. The zero-order valence-electron chi connectivity index (χ0n) is 18.9. The number of hydrogen-bond acceptors (Lipinski definition) is 7. The van der Waals surface area contributed by atoms with E-state index in [1.165, 1.54) is 23.7 Å². The summed E-state index contributed by atoms with van der Waals surface area (Å²) in [6.07, 6.45) is 1.21. The van der Waals surface area contributed by atoms with Gasteiger partial charge in [0.25, 0.3) is 0 Å². The van der Waals surface area contributed by atoms with E-state index in [2.05, 4.69) is 15.9 Å². The predicted octanol–water partition coefficient (Wildman–Crippen LogP) is 4.99. The zero-order chi connectivity index (χ0) is 24.7. The number of fused-ring (bicyclic) bond motifs is 2. The lowest BCUT2D eigenvalue weighted by Gasteiger charge is -2.43. The molecule has 0 spiro atoms. The Morgan fingerprint density at radius 3 is 2.80 bits per heavy atom. The Morgan fingerprint density at radius 1 is 1.23 bits per heavy atom. The van der Waals surface area contributed by atoms with Crippen molar-refractivity contribution in [2.45, 2.75) is 18.7 Å². The second-order valence-corrected chi connectivity index (χ2v) is 9.81. The molecule has 182 valence electrons. The number of aliphatic hydroxyl groups excluding tert-OH is 2. The second-order valence-electron chi connectivity index (χ2n) is 8.65. The molecule has 1 aromatic heterocycles. The molecule has 2 atom stereocenters. The van der Waals surface area contributed by atoms with Crippen LogP contribution in [0.5, 0.6) is 5.75 Å². The van der Waals surface area contributed by atoms with Crippen LogP contribution in [-0.2, 0) is 0 Å². The van der Waals surface area contributed by atoms with Gasteiger partial charge in [0.2, 0.25) is 0 Å². The molecule has 0 aliphatic carbocycles. The number of hydrogen-bond donors (Lipinski definition) is 3. The summed E-state index contributed by atoms with van der Waals surface area (Å²) in [5, 5.41) is 33.3. The van der Waals surface area contributed by atoms with Crippen LogP contribution in [0.15, 0.2) is 55.1 Å². The monoisotopic (exact) mass is 513 g/mol. The fourth-order valence-electron chi connectivity index (χ4n) is 4.89. The highest BCUT2D eigenvalue weighted by Gasteiger charge is 2.32. The largest absolute Gasteiger partial charge is 0.508 e. The summed E-state index contributed by atoms with van der Waals surface area (Å²) in [5.41, 5.74) is 0.923. The molecule has 9 heteroatoms. The van der Waals surface area contributed by atoms with Crippen LogP contribution in [0.2, 0.25) is 5.02 Å². The van der Waals surface area contributed by atoms with Gasteiger partial charge in [-0.1, -0.05) is 42.4 Å². The van der Waals surface area contributed by atoms with Crippen LogP contribution in [-0.4, -0.2) is 63.1 Å². The summed E-state index contributed by atoms with van der Waals surface area (Å²) in [4.78, 5) is 4.01. The standard InChI is InChI=1S/C26H25ClFN3O3S/c1-2-22(34)30-8-9-31(16(14-30)7-10-32)26-20-13-21(27)23(24(28)25(20)29-35-26)19-12-17(33)11-15-5-3-4-6-18(15)19/h2-6,11-13,16,22,32-34H,1,7-10,14H2/t16-,22?/m1/s1. The number of aromatic hydroxyl groups is 1. The third-order valence-electron chi connectivity index (χ3n) is 6.58. The minimum Gasteiger partial charge on any atom is -0.508 e. The molecule has 5 rings (SSSR count). The van der Waals surface area contributed by atoms with Gasteiger partial charge in [0.05, 0.1) is 5.02 Å². The quantitative estimate of drug-likeness (QED) is 0.315. The van der Waals surface area contributed by atoms with Crippen LogP contribution in [0, 0.1) is 5.82 Å². The predicted molar refractivity (Wildman–Crippen MR) is 140 cm³/mol. The lowest BCUT2D eigenvalue weighted by molar-refractivity contribution is 0.0257. The van der Waals surface area contributed by atoms with Gasteiger partial charge in [0, 0.05) is 43.2 Å². The third-order valence-corrected chi connectivity index (χ3v) is 7.78. The van der Waals surface area contributed by atoms with Crippen LogP contribution in [0.25, 0.3) is 32.8 Å². The van der Waals surface area contributed by atoms with E-state index in [1.54, 1.807) is 12.1 Å². The van der Waals surface area contributed by atoms with Gasteiger partial charge in [0.1, 0.15) is 22.5 Å². The highest BCUT2D eigenvalue weighted by Crippen LogP contribution is 2.44. The van der Waals surface area contributed by atoms with Gasteiger partial charge < -0.3 is 20.2 Å². The molecular weight excluding hydrogens is 489 g/mol. The number of phenols is 1. The number of nitrogens with zero attached hydrogens (tertiary/aromatic N) is 3.